The molecule has 9 nitrogen and oxygen atoms in total. The van der Waals surface area contributed by atoms with Gasteiger partial charge in [0.05, 0.1) is 23.1 Å². The van der Waals surface area contributed by atoms with E-state index >= 15 is 0 Å². The molecule has 3 aromatic rings. The number of anilines is 2. The quantitative estimate of drug-likeness (QED) is 0.416. The molecule has 1 aromatic heterocycles. The number of fused-ring (bicyclic) bond motifs is 2. The van der Waals surface area contributed by atoms with Crippen LogP contribution in [0.2, 0.25) is 0 Å². The standard InChI is InChI=1S/C29H33F3N8O/c1-17-5-6-20(9-27(17)40-16-26(35-36-40)25-12-33-38(4)18(25)2)28(41)34-22-8-19(7-21(10-22)29(30,31)32)13-39-15-23-11-24(39)14-37(23)3/h5-10,12,16,23-24,35-36H,11,13-15H2,1-4H3,(H,34,41). The topological polar surface area (TPSA) is 80.7 Å². The van der Waals surface area contributed by atoms with E-state index in [-0.39, 0.29) is 5.69 Å². The molecule has 216 valence electrons. The van der Waals surface area contributed by atoms with Crippen LogP contribution in [0.15, 0.2) is 48.8 Å². The van der Waals surface area contributed by atoms with Crippen LogP contribution in [0.1, 0.15) is 44.7 Å². The molecular formula is C29H33F3N8O. The minimum atomic E-state index is -4.53. The number of rotatable bonds is 6. The van der Waals surface area contributed by atoms with Crippen LogP contribution in [0.4, 0.5) is 24.5 Å². The first-order chi connectivity index (χ1) is 19.5. The molecule has 2 aromatic carbocycles. The van der Waals surface area contributed by atoms with Gasteiger partial charge >= 0.3 is 6.18 Å². The minimum absolute atomic E-state index is 0.124. The summed E-state index contributed by atoms with van der Waals surface area (Å²) >= 11 is 0. The molecule has 4 heterocycles. The first kappa shape index (κ1) is 27.3. The molecule has 6 rings (SSSR count). The number of carbonyl (C=O) groups is 1. The fourth-order valence-corrected chi connectivity index (χ4v) is 5.95. The number of halogens is 3. The summed E-state index contributed by atoms with van der Waals surface area (Å²) in [5.41, 5.74) is 10.8. The summed E-state index contributed by atoms with van der Waals surface area (Å²) in [6.45, 7) is 6.05. The summed E-state index contributed by atoms with van der Waals surface area (Å²) in [5.74, 6) is -0.488. The maximum absolute atomic E-state index is 13.8. The summed E-state index contributed by atoms with van der Waals surface area (Å²) in [6.07, 6.45) is 0.151. The summed E-state index contributed by atoms with van der Waals surface area (Å²) in [5, 5.41) is 8.76. The van der Waals surface area contributed by atoms with Gasteiger partial charge < -0.3 is 15.6 Å². The van der Waals surface area contributed by atoms with Crippen molar-refractivity contribution in [3.63, 3.8) is 0 Å². The van der Waals surface area contributed by atoms with Crippen LogP contribution in [0, 0.1) is 13.8 Å². The van der Waals surface area contributed by atoms with Gasteiger partial charge in [0.1, 0.15) is 0 Å². The molecule has 2 saturated heterocycles. The fourth-order valence-electron chi connectivity index (χ4n) is 5.95. The van der Waals surface area contributed by atoms with Gasteiger partial charge in [-0.2, -0.15) is 18.3 Å². The van der Waals surface area contributed by atoms with E-state index < -0.39 is 17.6 Å². The Kier molecular flexibility index (Phi) is 6.79. The van der Waals surface area contributed by atoms with Crippen LogP contribution >= 0.6 is 0 Å². The second-order valence-electron chi connectivity index (χ2n) is 11.2. The van der Waals surface area contributed by atoms with Crippen molar-refractivity contribution in [3.05, 3.63) is 82.3 Å². The van der Waals surface area contributed by atoms with Gasteiger partial charge in [0.15, 0.2) is 0 Å². The van der Waals surface area contributed by atoms with Crippen molar-refractivity contribution in [1.29, 1.82) is 0 Å². The molecule has 0 aliphatic carbocycles. The van der Waals surface area contributed by atoms with E-state index in [0.29, 0.717) is 29.8 Å². The maximum atomic E-state index is 13.8. The van der Waals surface area contributed by atoms with Crippen LogP contribution in [0.3, 0.4) is 0 Å². The van der Waals surface area contributed by atoms with Gasteiger partial charge in [-0.1, -0.05) is 6.07 Å². The first-order valence-corrected chi connectivity index (χ1v) is 13.6. The molecule has 2 atom stereocenters. The number of benzene rings is 2. The zero-order valence-corrected chi connectivity index (χ0v) is 23.4. The van der Waals surface area contributed by atoms with Crippen molar-refractivity contribution in [2.24, 2.45) is 7.05 Å². The highest BCUT2D eigenvalue weighted by Crippen LogP contribution is 2.35. The second-order valence-corrected chi connectivity index (χ2v) is 11.2. The van der Waals surface area contributed by atoms with Crippen LogP contribution in [0.25, 0.3) is 5.70 Å². The maximum Gasteiger partial charge on any atom is 0.416 e. The lowest BCUT2D eigenvalue weighted by molar-refractivity contribution is -0.137. The van der Waals surface area contributed by atoms with Crippen LogP contribution in [-0.4, -0.2) is 57.7 Å². The van der Waals surface area contributed by atoms with Gasteiger partial charge in [0, 0.05) is 67.5 Å². The number of likely N-dealkylation sites (N-methyl/N-ethyl adjacent to an activating group) is 1. The number of hydrazine groups is 2. The number of amides is 1. The number of alkyl halides is 3. The molecule has 3 aliphatic heterocycles. The van der Waals surface area contributed by atoms with Gasteiger partial charge in [0.25, 0.3) is 5.91 Å². The van der Waals surface area contributed by atoms with Crippen molar-refractivity contribution in [1.82, 2.24) is 30.5 Å². The third-order valence-electron chi connectivity index (χ3n) is 8.42. The van der Waals surface area contributed by atoms with E-state index in [1.165, 1.54) is 6.07 Å². The van der Waals surface area contributed by atoms with E-state index in [9.17, 15) is 18.0 Å². The number of hydrogen-bond acceptors (Lipinski definition) is 7. The molecule has 2 bridgehead atoms. The number of hydrogen-bond donors (Lipinski definition) is 3. The Balaban J connectivity index is 1.22. The molecule has 12 heteroatoms. The molecule has 1 amide bonds. The Morgan fingerprint density at radius 3 is 2.56 bits per heavy atom. The van der Waals surface area contributed by atoms with Crippen LogP contribution < -0.4 is 21.3 Å². The number of carbonyl (C=O) groups excluding carboxylic acids is 1. The molecule has 2 fully saturated rings. The third-order valence-corrected chi connectivity index (χ3v) is 8.42. The zero-order chi connectivity index (χ0) is 29.1. The van der Waals surface area contributed by atoms with Gasteiger partial charge in [-0.25, -0.2) is 0 Å². The molecule has 41 heavy (non-hydrogen) atoms. The highest BCUT2D eigenvalue weighted by Gasteiger charge is 2.41. The average Bonchev–Trinajstić information content (AvgIpc) is 3.69. The highest BCUT2D eigenvalue weighted by atomic mass is 19.4. The summed E-state index contributed by atoms with van der Waals surface area (Å²) in [7, 11) is 3.96. The average molecular weight is 567 g/mol. The Morgan fingerprint density at radius 1 is 1.10 bits per heavy atom. The molecule has 0 radical (unpaired) electrons. The van der Waals surface area contributed by atoms with E-state index in [2.05, 4.69) is 38.2 Å². The predicted octanol–water partition coefficient (Wildman–Crippen LogP) is 4.02. The predicted molar refractivity (Wildman–Crippen MR) is 150 cm³/mol. The number of likely N-dealkylation sites (tertiary alicyclic amines) is 2. The van der Waals surface area contributed by atoms with Crippen molar-refractivity contribution >= 4 is 23.0 Å². The van der Waals surface area contributed by atoms with Crippen LogP contribution in [0.5, 0.6) is 0 Å². The third kappa shape index (κ3) is 5.30. The van der Waals surface area contributed by atoms with Crippen molar-refractivity contribution in [3.8, 4) is 0 Å². The van der Waals surface area contributed by atoms with Gasteiger partial charge in [-0.3, -0.25) is 19.4 Å². The molecule has 3 N–H and O–H groups in total. The Bertz CT molecular complexity index is 1530. The number of aryl methyl sites for hydroxylation is 2. The number of nitrogens with zero attached hydrogens (tertiary/aromatic N) is 5. The molecule has 0 saturated carbocycles. The van der Waals surface area contributed by atoms with Crippen molar-refractivity contribution in [2.75, 3.05) is 30.5 Å². The number of nitrogens with one attached hydrogen (secondary N) is 3. The number of piperazine rings is 1. The van der Waals surface area contributed by atoms with Crippen LogP contribution in [-0.2, 0) is 19.8 Å². The van der Waals surface area contributed by atoms with E-state index in [4.69, 9.17) is 0 Å². The van der Waals surface area contributed by atoms with E-state index in [1.54, 1.807) is 34.1 Å². The van der Waals surface area contributed by atoms with E-state index in [0.717, 1.165) is 53.8 Å². The number of aromatic nitrogens is 2. The van der Waals surface area contributed by atoms with Crippen molar-refractivity contribution < 1.29 is 18.0 Å². The lowest BCUT2D eigenvalue weighted by Gasteiger charge is -2.32. The molecule has 2 unspecified atom stereocenters. The SMILES string of the molecule is Cc1ccc(C(=O)Nc2cc(CN3CC4CC3CN4C)cc(C(F)(F)F)c2)cc1N1C=C(c2cnn(C)c2C)NN1. The Labute approximate surface area is 236 Å². The Hall–Kier alpha value is -3.87. The summed E-state index contributed by atoms with van der Waals surface area (Å²) < 4.78 is 43.2. The Morgan fingerprint density at radius 2 is 1.90 bits per heavy atom. The lowest BCUT2D eigenvalue weighted by Crippen LogP contribution is -2.43. The normalized spacial score (nSPS) is 21.0. The minimum Gasteiger partial charge on any atom is -0.322 e. The zero-order valence-electron chi connectivity index (χ0n) is 23.4. The summed E-state index contributed by atoms with van der Waals surface area (Å²) in [4.78, 5) is 17.8. The van der Waals surface area contributed by atoms with Gasteiger partial charge in [-0.05, 0) is 68.8 Å². The highest BCUT2D eigenvalue weighted by molar-refractivity contribution is 6.05. The van der Waals surface area contributed by atoms with Crippen molar-refractivity contribution in [2.45, 2.75) is 45.1 Å². The second kappa shape index (κ2) is 10.2. The summed E-state index contributed by atoms with van der Waals surface area (Å²) in [6, 6.07) is 9.81. The molecular weight excluding hydrogens is 533 g/mol. The smallest absolute Gasteiger partial charge is 0.322 e. The lowest BCUT2D eigenvalue weighted by atomic mass is 10.1. The van der Waals surface area contributed by atoms with Gasteiger partial charge in [0.2, 0.25) is 0 Å². The molecule has 3 aliphatic rings. The molecule has 0 spiro atoms. The largest absolute Gasteiger partial charge is 0.416 e. The fraction of sp³-hybridized carbons (Fsp3) is 0.379. The first-order valence-electron chi connectivity index (χ1n) is 13.6. The monoisotopic (exact) mass is 566 g/mol. The van der Waals surface area contributed by atoms with E-state index in [1.807, 2.05) is 33.2 Å². The van der Waals surface area contributed by atoms with Gasteiger partial charge in [-0.15, -0.1) is 5.53 Å².